The molecule has 0 unspecified atom stereocenters. The molecule has 0 amide bonds. The quantitative estimate of drug-likeness (QED) is 0.681. The summed E-state index contributed by atoms with van der Waals surface area (Å²) < 4.78 is 33.2. The van der Waals surface area contributed by atoms with Gasteiger partial charge in [0.1, 0.15) is 18.4 Å². The molecular weight excluding hydrogens is 388 g/mol. The highest BCUT2D eigenvalue weighted by atomic mass is 32.2. The first-order valence-electron chi connectivity index (χ1n) is 10.1. The van der Waals surface area contributed by atoms with E-state index in [1.807, 2.05) is 0 Å². The second-order valence-electron chi connectivity index (χ2n) is 7.84. The Labute approximate surface area is 173 Å². The van der Waals surface area contributed by atoms with Crippen LogP contribution in [0.4, 0.5) is 5.69 Å². The lowest BCUT2D eigenvalue weighted by Crippen LogP contribution is -3.14. The average molecular weight is 420 g/mol. The van der Waals surface area contributed by atoms with E-state index in [1.54, 1.807) is 61.7 Å². The van der Waals surface area contributed by atoms with E-state index < -0.39 is 16.1 Å². The number of piperidine rings is 1. The number of quaternary nitrogens is 1. The van der Waals surface area contributed by atoms with E-state index >= 15 is 0 Å². The molecule has 2 N–H and O–H groups in total. The van der Waals surface area contributed by atoms with Crippen LogP contribution >= 0.6 is 0 Å². The number of likely N-dealkylation sites (tertiary alicyclic amines) is 1. The first-order chi connectivity index (χ1) is 13.9. The van der Waals surface area contributed by atoms with Gasteiger partial charge in [0, 0.05) is 0 Å². The smallest absolute Gasteiger partial charge is 0.264 e. The molecule has 1 aliphatic rings. The van der Waals surface area contributed by atoms with Crippen molar-refractivity contribution in [1.82, 2.24) is 0 Å². The van der Waals surface area contributed by atoms with Gasteiger partial charge in [0.25, 0.3) is 10.0 Å². The van der Waals surface area contributed by atoms with Gasteiger partial charge in [-0.2, -0.15) is 0 Å². The van der Waals surface area contributed by atoms with E-state index in [1.165, 1.54) is 9.21 Å². The largest absolute Gasteiger partial charge is 0.497 e. The van der Waals surface area contributed by atoms with Gasteiger partial charge in [0.15, 0.2) is 0 Å². The highest BCUT2D eigenvalue weighted by molar-refractivity contribution is 7.92. The van der Waals surface area contributed by atoms with Gasteiger partial charge in [-0.1, -0.05) is 25.1 Å². The molecule has 1 atom stereocenters. The number of aliphatic hydroxyl groups excluding tert-OH is 1. The molecular formula is C22H31N2O4S+. The van der Waals surface area contributed by atoms with Gasteiger partial charge >= 0.3 is 0 Å². The molecule has 0 spiro atoms. The normalized spacial score (nSPS) is 20.8. The summed E-state index contributed by atoms with van der Waals surface area (Å²) in [6, 6.07) is 15.2. The molecule has 1 heterocycles. The van der Waals surface area contributed by atoms with E-state index in [0.717, 1.165) is 31.8 Å². The van der Waals surface area contributed by atoms with Crippen LogP contribution in [0.15, 0.2) is 59.5 Å². The van der Waals surface area contributed by atoms with Crippen molar-refractivity contribution in [2.24, 2.45) is 5.92 Å². The monoisotopic (exact) mass is 419 g/mol. The molecule has 1 aliphatic heterocycles. The molecule has 3 rings (SSSR count). The molecule has 1 fully saturated rings. The molecule has 0 radical (unpaired) electrons. The predicted molar refractivity (Wildman–Crippen MR) is 114 cm³/mol. The van der Waals surface area contributed by atoms with E-state index in [0.29, 0.717) is 18.0 Å². The van der Waals surface area contributed by atoms with Crippen LogP contribution in [0.1, 0.15) is 19.8 Å². The molecule has 1 saturated heterocycles. The third-order valence-electron chi connectivity index (χ3n) is 5.57. The zero-order valence-corrected chi connectivity index (χ0v) is 17.9. The summed E-state index contributed by atoms with van der Waals surface area (Å²) in [5.41, 5.74) is 0.510. The highest BCUT2D eigenvalue weighted by Gasteiger charge is 2.29. The molecule has 0 saturated carbocycles. The van der Waals surface area contributed by atoms with Gasteiger partial charge in [-0.05, 0) is 55.2 Å². The van der Waals surface area contributed by atoms with Gasteiger partial charge in [-0.25, -0.2) is 8.42 Å². The lowest BCUT2D eigenvalue weighted by Gasteiger charge is -2.31. The van der Waals surface area contributed by atoms with Gasteiger partial charge in [0.05, 0.1) is 37.3 Å². The van der Waals surface area contributed by atoms with Crippen LogP contribution in [0.3, 0.4) is 0 Å². The van der Waals surface area contributed by atoms with Crippen LogP contribution in [-0.2, 0) is 10.0 Å². The van der Waals surface area contributed by atoms with Crippen LogP contribution in [0, 0.1) is 5.92 Å². The van der Waals surface area contributed by atoms with Crippen molar-refractivity contribution in [3.8, 4) is 5.75 Å². The Hall–Kier alpha value is -2.09. The fourth-order valence-electron chi connectivity index (χ4n) is 3.77. The number of hydrogen-bond acceptors (Lipinski definition) is 4. The summed E-state index contributed by atoms with van der Waals surface area (Å²) in [4.78, 5) is 1.55. The zero-order chi connectivity index (χ0) is 20.9. The van der Waals surface area contributed by atoms with Gasteiger partial charge in [-0.15, -0.1) is 0 Å². The Morgan fingerprint density at radius 3 is 2.31 bits per heavy atom. The number of nitrogens with zero attached hydrogens (tertiary/aromatic N) is 1. The highest BCUT2D eigenvalue weighted by Crippen LogP contribution is 2.26. The molecule has 158 valence electrons. The van der Waals surface area contributed by atoms with Gasteiger partial charge in [-0.3, -0.25) is 4.31 Å². The summed E-state index contributed by atoms with van der Waals surface area (Å²) in [5.74, 6) is 1.38. The first-order valence-corrected chi connectivity index (χ1v) is 11.6. The summed E-state index contributed by atoms with van der Waals surface area (Å²) in [6.07, 6.45) is 1.54. The Morgan fingerprint density at radius 2 is 1.72 bits per heavy atom. The predicted octanol–water partition coefficient (Wildman–Crippen LogP) is 1.57. The number of nitrogens with one attached hydrogen (secondary N) is 1. The number of hydrogen-bond donors (Lipinski definition) is 2. The Bertz CT molecular complexity index is 863. The van der Waals surface area contributed by atoms with Crippen LogP contribution in [0.5, 0.6) is 5.75 Å². The summed E-state index contributed by atoms with van der Waals surface area (Å²) >= 11 is 0. The fourth-order valence-corrected chi connectivity index (χ4v) is 5.30. The number of ether oxygens (including phenoxy) is 1. The zero-order valence-electron chi connectivity index (χ0n) is 17.1. The number of rotatable bonds is 8. The number of aliphatic hydroxyl groups is 1. The SMILES string of the molecule is COc1ccc(N(C[C@H](O)C[NH+]2CCC(C)CC2)S(=O)(=O)c2ccccc2)cc1. The molecule has 0 aliphatic carbocycles. The molecule has 29 heavy (non-hydrogen) atoms. The summed E-state index contributed by atoms with van der Waals surface area (Å²) in [6.45, 7) is 4.86. The second kappa shape index (κ2) is 9.61. The third kappa shape index (κ3) is 5.50. The van der Waals surface area contributed by atoms with Crippen molar-refractivity contribution in [2.75, 3.05) is 37.6 Å². The molecule has 2 aromatic carbocycles. The van der Waals surface area contributed by atoms with E-state index in [9.17, 15) is 13.5 Å². The molecule has 0 aromatic heterocycles. The third-order valence-corrected chi connectivity index (χ3v) is 7.38. The van der Waals surface area contributed by atoms with Crippen LogP contribution in [0.2, 0.25) is 0 Å². The Morgan fingerprint density at radius 1 is 1.10 bits per heavy atom. The van der Waals surface area contributed by atoms with Crippen molar-refractivity contribution in [3.05, 3.63) is 54.6 Å². The maximum absolute atomic E-state index is 13.3. The van der Waals surface area contributed by atoms with Crippen LogP contribution < -0.4 is 13.9 Å². The van der Waals surface area contributed by atoms with E-state index in [-0.39, 0.29) is 11.4 Å². The van der Waals surface area contributed by atoms with Crippen molar-refractivity contribution in [3.63, 3.8) is 0 Å². The molecule has 7 heteroatoms. The van der Waals surface area contributed by atoms with Crippen molar-refractivity contribution in [1.29, 1.82) is 0 Å². The number of anilines is 1. The maximum Gasteiger partial charge on any atom is 0.264 e. The second-order valence-corrected chi connectivity index (χ2v) is 9.70. The van der Waals surface area contributed by atoms with Crippen LogP contribution in [0.25, 0.3) is 0 Å². The average Bonchev–Trinajstić information content (AvgIpc) is 2.74. The lowest BCUT2D eigenvalue weighted by atomic mass is 9.99. The van der Waals surface area contributed by atoms with Gasteiger partial charge in [0.2, 0.25) is 0 Å². The van der Waals surface area contributed by atoms with Crippen molar-refractivity contribution in [2.45, 2.75) is 30.8 Å². The van der Waals surface area contributed by atoms with Crippen molar-refractivity contribution >= 4 is 15.7 Å². The number of methoxy groups -OCH3 is 1. The minimum atomic E-state index is -3.80. The Balaban J connectivity index is 1.82. The number of benzene rings is 2. The van der Waals surface area contributed by atoms with E-state index in [2.05, 4.69) is 6.92 Å². The number of sulfonamides is 1. The van der Waals surface area contributed by atoms with Gasteiger partial charge < -0.3 is 14.7 Å². The maximum atomic E-state index is 13.3. The topological polar surface area (TPSA) is 71.3 Å². The minimum Gasteiger partial charge on any atom is -0.497 e. The summed E-state index contributed by atoms with van der Waals surface area (Å²) in [5, 5.41) is 10.8. The molecule has 2 aromatic rings. The van der Waals surface area contributed by atoms with Crippen LogP contribution in [-0.4, -0.2) is 52.9 Å². The molecule has 0 bridgehead atoms. The Kier molecular flexibility index (Phi) is 7.16. The molecule has 6 nitrogen and oxygen atoms in total. The lowest BCUT2D eigenvalue weighted by molar-refractivity contribution is -0.909. The standard InChI is InChI=1S/C22H30N2O4S/c1-18-12-14-23(15-13-18)16-20(25)17-24(19-8-10-21(28-2)11-9-19)29(26,27)22-6-4-3-5-7-22/h3-11,18,20,25H,12-17H2,1-2H3/p+1/t20-/m1/s1. The summed E-state index contributed by atoms with van der Waals surface area (Å²) in [7, 11) is -2.23. The minimum absolute atomic E-state index is 0.0165. The fraction of sp³-hybridized carbons (Fsp3) is 0.455. The first kappa shape index (κ1) is 21.6. The van der Waals surface area contributed by atoms with E-state index in [4.69, 9.17) is 4.74 Å². The van der Waals surface area contributed by atoms with Crippen molar-refractivity contribution < 1.29 is 23.2 Å².